The van der Waals surface area contributed by atoms with Gasteiger partial charge in [-0.05, 0) is 136 Å². The zero-order valence-corrected chi connectivity index (χ0v) is 35.9. The summed E-state index contributed by atoms with van der Waals surface area (Å²) in [6.07, 6.45) is 4.20. The lowest BCUT2D eigenvalue weighted by atomic mass is 9.43. The molecule has 5 aliphatic rings. The third-order valence-corrected chi connectivity index (χ3v) is 11.7. The first-order valence-electron chi connectivity index (χ1n) is 20.2. The van der Waals surface area contributed by atoms with Crippen LogP contribution in [0.3, 0.4) is 0 Å². The summed E-state index contributed by atoms with van der Waals surface area (Å²) in [5.74, 6) is 0.528. The fourth-order valence-electron chi connectivity index (χ4n) is 8.67. The number of nitrogens with one attached hydrogen (secondary N) is 1. The topological polar surface area (TPSA) is 157 Å². The zero-order chi connectivity index (χ0) is 42.0. The van der Waals surface area contributed by atoms with Crippen molar-refractivity contribution < 1.29 is 47.4 Å². The molecule has 0 spiro atoms. The van der Waals surface area contributed by atoms with Crippen LogP contribution in [0.2, 0.25) is 6.32 Å². The maximum Gasteiger partial charge on any atom is 0.457 e. The second kappa shape index (κ2) is 14.9. The number of likely N-dealkylation sites (tertiary alicyclic amines) is 1. The number of rotatable bonds is 9. The number of alkyl carbamates (subject to hydrolysis) is 1. The van der Waals surface area contributed by atoms with E-state index in [1.165, 1.54) is 23.8 Å². The first kappa shape index (κ1) is 42.5. The van der Waals surface area contributed by atoms with Gasteiger partial charge in [0.1, 0.15) is 40.5 Å². The summed E-state index contributed by atoms with van der Waals surface area (Å²) in [6, 6.07) is 2.49. The minimum absolute atomic E-state index is 0.0975. The maximum atomic E-state index is 13.9. The van der Waals surface area contributed by atoms with Gasteiger partial charge in [-0.25, -0.2) is 23.9 Å². The Kier molecular flexibility index (Phi) is 11.1. The van der Waals surface area contributed by atoms with Crippen LogP contribution in [0, 0.1) is 24.2 Å². The Morgan fingerprint density at radius 1 is 0.947 bits per heavy atom. The molecule has 5 fully saturated rings. The molecule has 2 bridgehead atoms. The van der Waals surface area contributed by atoms with Crippen molar-refractivity contribution in [2.45, 2.75) is 156 Å². The average molecular weight is 793 g/mol. The number of carbonyl (C=O) groups excluding carboxylic acids is 4. The lowest BCUT2D eigenvalue weighted by molar-refractivity contribution is -0.199. The van der Waals surface area contributed by atoms with Crippen LogP contribution in [0.4, 0.5) is 9.59 Å². The minimum Gasteiger partial charge on any atom is -0.486 e. The molecule has 1 aromatic carbocycles. The van der Waals surface area contributed by atoms with Gasteiger partial charge in [0.2, 0.25) is 0 Å². The largest absolute Gasteiger partial charge is 0.486 e. The highest BCUT2D eigenvalue weighted by atomic mass is 16.7. The van der Waals surface area contributed by atoms with Crippen molar-refractivity contribution in [1.82, 2.24) is 19.8 Å². The number of nitrogens with zero attached hydrogens (tertiary/aromatic N) is 3. The molecule has 2 amide bonds. The van der Waals surface area contributed by atoms with E-state index < -0.39 is 53.0 Å². The molecule has 312 valence electrons. The molecule has 0 radical (unpaired) electrons. The van der Waals surface area contributed by atoms with Crippen LogP contribution in [0.1, 0.15) is 129 Å². The molecular weight excluding hydrogens is 731 g/mol. The Hall–Kier alpha value is -4.11. The molecule has 5 atom stereocenters. The summed E-state index contributed by atoms with van der Waals surface area (Å²) in [4.78, 5) is 59.1. The molecule has 2 aliphatic heterocycles. The van der Waals surface area contributed by atoms with Crippen LogP contribution in [0.25, 0.3) is 0 Å². The molecule has 14 nitrogen and oxygen atoms in total. The first-order valence-corrected chi connectivity index (χ1v) is 20.2. The normalized spacial score (nSPS) is 24.8. The summed E-state index contributed by atoms with van der Waals surface area (Å²) >= 11 is 0. The SMILES string of the molecule is Cc1c(CCB2O[C@@H]3C[C@@H]4C[C@@H](C4(C)C)[C@]3(C)O2)ccc(OC2CN(C(=O)[C@@H](NC(=O)OC(C)(C)C)c3cn(C(=O)OC(C)(C)C)cn3)C2)c1C(=O)OC(C)(C)C. The van der Waals surface area contributed by atoms with E-state index in [9.17, 15) is 19.2 Å². The Balaban J connectivity index is 1.15. The second-order valence-electron chi connectivity index (χ2n) is 19.9. The van der Waals surface area contributed by atoms with Crippen LogP contribution in [-0.4, -0.2) is 93.3 Å². The highest BCUT2D eigenvalue weighted by Gasteiger charge is 2.67. The third kappa shape index (κ3) is 9.14. The van der Waals surface area contributed by atoms with Crippen LogP contribution < -0.4 is 10.1 Å². The van der Waals surface area contributed by atoms with Crippen molar-refractivity contribution in [2.24, 2.45) is 17.3 Å². The molecule has 0 unspecified atom stereocenters. The Morgan fingerprint density at radius 3 is 2.21 bits per heavy atom. The molecule has 3 aliphatic carbocycles. The highest BCUT2D eigenvalue weighted by molar-refractivity contribution is 6.45. The lowest BCUT2D eigenvalue weighted by Gasteiger charge is -2.64. The van der Waals surface area contributed by atoms with Gasteiger partial charge in [0, 0.05) is 6.20 Å². The fraction of sp³-hybridized carbons (Fsp3) is 0.690. The monoisotopic (exact) mass is 792 g/mol. The van der Waals surface area contributed by atoms with Gasteiger partial charge in [-0.15, -0.1) is 0 Å². The fourth-order valence-corrected chi connectivity index (χ4v) is 8.67. The highest BCUT2D eigenvalue weighted by Crippen LogP contribution is 2.65. The number of hydrogen-bond acceptors (Lipinski definition) is 11. The van der Waals surface area contributed by atoms with Gasteiger partial charge in [-0.3, -0.25) is 4.79 Å². The molecule has 15 heteroatoms. The summed E-state index contributed by atoms with van der Waals surface area (Å²) in [6.45, 7) is 25.0. The van der Waals surface area contributed by atoms with Crippen LogP contribution in [0.5, 0.6) is 5.75 Å². The van der Waals surface area contributed by atoms with E-state index in [-0.39, 0.29) is 43.0 Å². The van der Waals surface area contributed by atoms with E-state index in [0.717, 1.165) is 22.1 Å². The number of carbonyl (C=O) groups is 4. The van der Waals surface area contributed by atoms with Crippen LogP contribution in [-0.2, 0) is 34.7 Å². The van der Waals surface area contributed by atoms with Crippen molar-refractivity contribution in [1.29, 1.82) is 0 Å². The minimum atomic E-state index is -1.26. The van der Waals surface area contributed by atoms with Gasteiger partial charge in [0.05, 0.1) is 30.5 Å². The molecule has 3 heterocycles. The van der Waals surface area contributed by atoms with E-state index in [1.807, 2.05) is 33.8 Å². The maximum absolute atomic E-state index is 13.9. The van der Waals surface area contributed by atoms with Crippen molar-refractivity contribution in [2.75, 3.05) is 13.1 Å². The molecule has 7 rings (SSSR count). The summed E-state index contributed by atoms with van der Waals surface area (Å²) < 4.78 is 37.4. The number of benzene rings is 1. The summed E-state index contributed by atoms with van der Waals surface area (Å²) in [7, 11) is -0.325. The second-order valence-corrected chi connectivity index (χ2v) is 19.9. The van der Waals surface area contributed by atoms with E-state index in [2.05, 4.69) is 31.1 Å². The predicted molar refractivity (Wildman–Crippen MR) is 212 cm³/mol. The molecule has 1 aromatic heterocycles. The van der Waals surface area contributed by atoms with Gasteiger partial charge >= 0.3 is 25.3 Å². The molecule has 57 heavy (non-hydrogen) atoms. The Bertz CT molecular complexity index is 1890. The van der Waals surface area contributed by atoms with Crippen molar-refractivity contribution in [3.8, 4) is 5.75 Å². The number of amides is 2. The third-order valence-electron chi connectivity index (χ3n) is 11.7. The van der Waals surface area contributed by atoms with Gasteiger partial charge in [0.25, 0.3) is 5.91 Å². The van der Waals surface area contributed by atoms with E-state index in [4.69, 9.17) is 28.3 Å². The molecular formula is C42H61BN4O10. The number of esters is 1. The molecule has 2 aromatic rings. The number of ether oxygens (including phenoxy) is 4. The number of imidazole rings is 1. The zero-order valence-electron chi connectivity index (χ0n) is 35.9. The first-order chi connectivity index (χ1) is 26.2. The quantitative estimate of drug-likeness (QED) is 0.158. The van der Waals surface area contributed by atoms with E-state index >= 15 is 0 Å². The van der Waals surface area contributed by atoms with Gasteiger partial charge in [0.15, 0.2) is 6.04 Å². The number of hydrogen-bond donors (Lipinski definition) is 1. The standard InChI is InChI=1S/C42H61BN4O10/c1-24-25(16-17-43-56-31-19-26-18-30(41(26,11)12)42(31,13)57-43)14-15-29(32(24)35(49)53-38(2,3)4)52-27-20-46(21-27)34(48)33(45-36(50)54-39(5,6)7)28-22-47(23-44-28)37(51)55-40(8,9)10/h14-15,22-23,26-27,30-31,33H,16-21H2,1-13H3,(H,45,50)/t26-,30-,31+,33-,42-/m0/s1. The predicted octanol–water partition coefficient (Wildman–Crippen LogP) is 7.06. The van der Waals surface area contributed by atoms with Gasteiger partial charge in [-0.2, -0.15) is 0 Å². The average Bonchev–Trinajstić information content (AvgIpc) is 3.66. The Labute approximate surface area is 337 Å². The molecule has 2 saturated heterocycles. The van der Waals surface area contributed by atoms with Gasteiger partial charge in [-0.1, -0.05) is 19.9 Å². The molecule has 1 N–H and O–H groups in total. The number of aryl methyl sites for hydroxylation is 1. The van der Waals surface area contributed by atoms with Crippen LogP contribution >= 0.6 is 0 Å². The van der Waals surface area contributed by atoms with Gasteiger partial charge < -0.3 is 38.5 Å². The smallest absolute Gasteiger partial charge is 0.457 e. The van der Waals surface area contributed by atoms with Crippen molar-refractivity contribution in [3.63, 3.8) is 0 Å². The summed E-state index contributed by atoms with van der Waals surface area (Å²) in [5.41, 5.74) is -0.173. The lowest BCUT2D eigenvalue weighted by Crippen LogP contribution is -2.65. The van der Waals surface area contributed by atoms with Crippen molar-refractivity contribution in [3.05, 3.63) is 47.0 Å². The molecule has 3 saturated carbocycles. The van der Waals surface area contributed by atoms with Crippen LogP contribution in [0.15, 0.2) is 24.7 Å². The van der Waals surface area contributed by atoms with E-state index in [1.54, 1.807) is 47.6 Å². The van der Waals surface area contributed by atoms with E-state index in [0.29, 0.717) is 35.9 Å². The summed E-state index contributed by atoms with van der Waals surface area (Å²) in [5, 5.41) is 2.62. The Morgan fingerprint density at radius 2 is 1.60 bits per heavy atom. The number of aromatic nitrogens is 2. The van der Waals surface area contributed by atoms with Crippen molar-refractivity contribution >= 4 is 31.2 Å².